The zero-order valence-corrected chi connectivity index (χ0v) is 18.5. The second-order valence-corrected chi connectivity index (χ2v) is 8.60. The van der Waals surface area contributed by atoms with Crippen molar-refractivity contribution in [2.24, 2.45) is 0 Å². The van der Waals surface area contributed by atoms with Gasteiger partial charge in [-0.2, -0.15) is 0 Å². The van der Waals surface area contributed by atoms with Crippen molar-refractivity contribution in [1.29, 1.82) is 0 Å². The van der Waals surface area contributed by atoms with Crippen molar-refractivity contribution >= 4 is 34.7 Å². The molecule has 1 unspecified atom stereocenters. The summed E-state index contributed by atoms with van der Waals surface area (Å²) >= 11 is 5.99. The standard InChI is InChI=1S/C24H27ClN2O3/c1-5-20(25)23(29)26-17-8-6-7-15(11-17)22(28)13-21-19-12-18(30-4)10-9-16(19)14-24(2,3)27-21/h6-13,20,27H,5,14H2,1-4H3,(H,26,29). The fourth-order valence-corrected chi connectivity index (χ4v) is 3.58. The minimum Gasteiger partial charge on any atom is -0.497 e. The Bertz CT molecular complexity index is 998. The van der Waals surface area contributed by atoms with Crippen LogP contribution >= 0.6 is 11.6 Å². The van der Waals surface area contributed by atoms with E-state index in [2.05, 4.69) is 24.5 Å². The molecule has 2 aromatic rings. The summed E-state index contributed by atoms with van der Waals surface area (Å²) in [7, 11) is 1.63. The number of carbonyl (C=O) groups is 2. The molecule has 6 heteroatoms. The zero-order chi connectivity index (χ0) is 21.9. The largest absolute Gasteiger partial charge is 0.497 e. The number of hydrogen-bond acceptors (Lipinski definition) is 4. The first kappa shape index (κ1) is 21.9. The summed E-state index contributed by atoms with van der Waals surface area (Å²) in [4.78, 5) is 25.1. The summed E-state index contributed by atoms with van der Waals surface area (Å²) in [6, 6.07) is 12.8. The molecule has 0 aromatic heterocycles. The van der Waals surface area contributed by atoms with Gasteiger partial charge in [0.15, 0.2) is 5.78 Å². The molecule has 1 amide bonds. The number of nitrogens with one attached hydrogen (secondary N) is 2. The predicted octanol–water partition coefficient (Wildman–Crippen LogP) is 4.80. The SMILES string of the molecule is CCC(Cl)C(=O)Nc1cccc(C(=O)C=C2NC(C)(C)Cc3ccc(OC)cc32)c1. The highest BCUT2D eigenvalue weighted by Gasteiger charge is 2.28. The molecule has 1 atom stereocenters. The van der Waals surface area contributed by atoms with Crippen molar-refractivity contribution in [2.75, 3.05) is 12.4 Å². The number of amides is 1. The third-order valence-electron chi connectivity index (χ3n) is 5.05. The molecular weight excluding hydrogens is 400 g/mol. The summed E-state index contributed by atoms with van der Waals surface area (Å²) in [6.07, 6.45) is 2.98. The van der Waals surface area contributed by atoms with Crippen LogP contribution in [0.25, 0.3) is 5.70 Å². The number of alkyl halides is 1. The van der Waals surface area contributed by atoms with Gasteiger partial charge in [0.25, 0.3) is 0 Å². The number of ether oxygens (including phenoxy) is 1. The number of benzene rings is 2. The van der Waals surface area contributed by atoms with Crippen LogP contribution in [0.3, 0.4) is 0 Å². The van der Waals surface area contributed by atoms with E-state index in [0.29, 0.717) is 17.7 Å². The van der Waals surface area contributed by atoms with Crippen molar-refractivity contribution in [3.8, 4) is 5.75 Å². The van der Waals surface area contributed by atoms with E-state index in [0.717, 1.165) is 29.0 Å². The fourth-order valence-electron chi connectivity index (χ4n) is 3.52. The van der Waals surface area contributed by atoms with Crippen LogP contribution in [0.5, 0.6) is 5.75 Å². The van der Waals surface area contributed by atoms with Gasteiger partial charge in [0.2, 0.25) is 5.91 Å². The summed E-state index contributed by atoms with van der Waals surface area (Å²) in [5.74, 6) is 0.307. The maximum Gasteiger partial charge on any atom is 0.242 e. The minimum absolute atomic E-state index is 0.155. The van der Waals surface area contributed by atoms with E-state index < -0.39 is 5.38 Å². The van der Waals surface area contributed by atoms with Crippen LogP contribution in [0.2, 0.25) is 0 Å². The van der Waals surface area contributed by atoms with E-state index in [1.54, 1.807) is 37.5 Å². The number of carbonyl (C=O) groups excluding carboxylic acids is 2. The molecule has 0 radical (unpaired) electrons. The van der Waals surface area contributed by atoms with Gasteiger partial charge in [0, 0.05) is 34.1 Å². The van der Waals surface area contributed by atoms with E-state index in [1.165, 1.54) is 0 Å². The minimum atomic E-state index is -0.605. The summed E-state index contributed by atoms with van der Waals surface area (Å²) in [5, 5.41) is 5.62. The van der Waals surface area contributed by atoms with Gasteiger partial charge in [-0.1, -0.05) is 25.1 Å². The molecule has 5 nitrogen and oxygen atoms in total. The molecule has 158 valence electrons. The van der Waals surface area contributed by atoms with Gasteiger partial charge < -0.3 is 15.4 Å². The molecule has 0 spiro atoms. The molecule has 0 aliphatic carbocycles. The lowest BCUT2D eigenvalue weighted by atomic mass is 9.85. The fraction of sp³-hybridized carbons (Fsp3) is 0.333. The lowest BCUT2D eigenvalue weighted by molar-refractivity contribution is -0.115. The number of anilines is 1. The Labute approximate surface area is 182 Å². The van der Waals surface area contributed by atoms with Crippen LogP contribution in [0.15, 0.2) is 48.5 Å². The second-order valence-electron chi connectivity index (χ2n) is 8.08. The highest BCUT2D eigenvalue weighted by atomic mass is 35.5. The first-order chi connectivity index (χ1) is 14.2. The van der Waals surface area contributed by atoms with E-state index in [4.69, 9.17) is 16.3 Å². The Morgan fingerprint density at radius 2 is 2.03 bits per heavy atom. The molecule has 30 heavy (non-hydrogen) atoms. The van der Waals surface area contributed by atoms with Gasteiger partial charge >= 0.3 is 0 Å². The Morgan fingerprint density at radius 3 is 2.73 bits per heavy atom. The molecule has 0 fully saturated rings. The van der Waals surface area contributed by atoms with Gasteiger partial charge in [0.1, 0.15) is 11.1 Å². The third-order valence-corrected chi connectivity index (χ3v) is 5.55. The highest BCUT2D eigenvalue weighted by molar-refractivity contribution is 6.32. The van der Waals surface area contributed by atoms with E-state index in [-0.39, 0.29) is 17.2 Å². The quantitative estimate of drug-likeness (QED) is 0.395. The Hall–Kier alpha value is -2.79. The normalized spacial score (nSPS) is 16.9. The number of methoxy groups -OCH3 is 1. The lowest BCUT2D eigenvalue weighted by Gasteiger charge is -2.35. The molecule has 3 rings (SSSR count). The van der Waals surface area contributed by atoms with Crippen LogP contribution in [-0.4, -0.2) is 29.7 Å². The molecule has 0 saturated carbocycles. The van der Waals surface area contributed by atoms with Gasteiger partial charge in [-0.3, -0.25) is 9.59 Å². The zero-order valence-electron chi connectivity index (χ0n) is 17.7. The van der Waals surface area contributed by atoms with E-state index in [9.17, 15) is 9.59 Å². The van der Waals surface area contributed by atoms with Gasteiger partial charge in [-0.25, -0.2) is 0 Å². The number of rotatable bonds is 6. The average molecular weight is 427 g/mol. The van der Waals surface area contributed by atoms with Crippen molar-refractivity contribution in [3.63, 3.8) is 0 Å². The van der Waals surface area contributed by atoms with Crippen molar-refractivity contribution in [3.05, 3.63) is 65.2 Å². The van der Waals surface area contributed by atoms with Crippen LogP contribution in [0.4, 0.5) is 5.69 Å². The van der Waals surface area contributed by atoms with Crippen molar-refractivity contribution in [1.82, 2.24) is 5.32 Å². The second kappa shape index (κ2) is 8.92. The summed E-state index contributed by atoms with van der Waals surface area (Å²) in [6.45, 7) is 6.05. The maximum absolute atomic E-state index is 13.0. The van der Waals surface area contributed by atoms with Crippen LogP contribution in [0.1, 0.15) is 48.7 Å². The Balaban J connectivity index is 1.91. The third kappa shape index (κ3) is 5.03. The number of allylic oxidation sites excluding steroid dienone is 1. The summed E-state index contributed by atoms with van der Waals surface area (Å²) < 4.78 is 5.36. The Morgan fingerprint density at radius 1 is 1.27 bits per heavy atom. The average Bonchev–Trinajstić information content (AvgIpc) is 2.72. The molecular formula is C24H27ClN2O3. The lowest BCUT2D eigenvalue weighted by Crippen LogP contribution is -2.43. The number of ketones is 1. The molecule has 1 aliphatic heterocycles. The first-order valence-corrected chi connectivity index (χ1v) is 10.4. The molecule has 2 aromatic carbocycles. The van der Waals surface area contributed by atoms with Crippen LogP contribution in [0, 0.1) is 0 Å². The van der Waals surface area contributed by atoms with E-state index >= 15 is 0 Å². The van der Waals surface area contributed by atoms with Gasteiger partial charge in [0.05, 0.1) is 7.11 Å². The Kier molecular flexibility index (Phi) is 6.52. The number of halogens is 1. The predicted molar refractivity (Wildman–Crippen MR) is 121 cm³/mol. The molecule has 1 aliphatic rings. The van der Waals surface area contributed by atoms with Crippen molar-refractivity contribution in [2.45, 2.75) is 44.5 Å². The number of hydrogen-bond donors (Lipinski definition) is 2. The van der Waals surface area contributed by atoms with Crippen molar-refractivity contribution < 1.29 is 14.3 Å². The summed E-state index contributed by atoms with van der Waals surface area (Å²) in [5.41, 5.74) is 3.72. The monoisotopic (exact) mass is 426 g/mol. The molecule has 1 heterocycles. The number of fused-ring (bicyclic) bond motifs is 1. The molecule has 0 saturated heterocycles. The molecule has 2 N–H and O–H groups in total. The van der Waals surface area contributed by atoms with E-state index in [1.807, 2.05) is 25.1 Å². The first-order valence-electron chi connectivity index (χ1n) is 9.99. The smallest absolute Gasteiger partial charge is 0.242 e. The van der Waals surface area contributed by atoms with Crippen LogP contribution in [-0.2, 0) is 11.2 Å². The van der Waals surface area contributed by atoms with Gasteiger partial charge in [-0.15, -0.1) is 11.6 Å². The topological polar surface area (TPSA) is 67.4 Å². The highest BCUT2D eigenvalue weighted by Crippen LogP contribution is 2.32. The molecule has 0 bridgehead atoms. The van der Waals surface area contributed by atoms with Crippen LogP contribution < -0.4 is 15.4 Å². The maximum atomic E-state index is 13.0. The van der Waals surface area contributed by atoms with Gasteiger partial charge in [-0.05, 0) is 56.5 Å².